The molecule has 0 saturated carbocycles. The Morgan fingerprint density at radius 3 is 2.57 bits per heavy atom. The quantitative estimate of drug-likeness (QED) is 0.699. The van der Waals surface area contributed by atoms with E-state index in [0.717, 1.165) is 22.1 Å². The molecule has 1 aliphatic rings. The molecule has 2 aromatic rings. The second kappa shape index (κ2) is 9.59. The molecule has 0 unspecified atom stereocenters. The van der Waals surface area contributed by atoms with Crippen LogP contribution in [-0.4, -0.2) is 65.6 Å². The third-order valence-electron chi connectivity index (χ3n) is 4.68. The first-order chi connectivity index (χ1) is 13.6. The Hall–Kier alpha value is -2.54. The average molecular weight is 400 g/mol. The maximum atomic E-state index is 12.8. The Bertz CT molecular complexity index is 835. The first-order valence-corrected chi connectivity index (χ1v) is 10.4. The molecule has 0 aliphatic carbocycles. The van der Waals surface area contributed by atoms with Crippen LogP contribution in [-0.2, 0) is 11.2 Å². The molecule has 0 N–H and O–H groups in total. The molecule has 0 radical (unpaired) electrons. The monoisotopic (exact) mass is 399 g/mol. The molecule has 1 aromatic heterocycles. The Kier molecular flexibility index (Phi) is 6.92. The summed E-state index contributed by atoms with van der Waals surface area (Å²) in [5, 5.41) is 0.862. The molecule has 1 saturated heterocycles. The van der Waals surface area contributed by atoms with Crippen molar-refractivity contribution >= 4 is 23.6 Å². The molecule has 3 rings (SSSR count). The number of nitrogens with zero attached hydrogens (tertiary/aromatic N) is 3. The summed E-state index contributed by atoms with van der Waals surface area (Å²) in [5.74, 6) is 1.74. The van der Waals surface area contributed by atoms with Crippen LogP contribution in [0.5, 0.6) is 5.75 Å². The van der Waals surface area contributed by atoms with Gasteiger partial charge in [-0.05, 0) is 35.6 Å². The number of carbonyl (C=O) groups is 2. The van der Waals surface area contributed by atoms with Crippen LogP contribution in [0.15, 0.2) is 47.6 Å². The molecule has 0 atom stereocenters. The second-order valence-electron chi connectivity index (χ2n) is 6.52. The molecular weight excluding hydrogens is 374 g/mol. The highest BCUT2D eigenvalue weighted by Crippen LogP contribution is 2.18. The predicted molar refractivity (Wildman–Crippen MR) is 110 cm³/mol. The summed E-state index contributed by atoms with van der Waals surface area (Å²) in [5.41, 5.74) is 1.59. The third-order valence-corrected chi connectivity index (χ3v) is 5.49. The van der Waals surface area contributed by atoms with Crippen LogP contribution < -0.4 is 4.74 Å². The van der Waals surface area contributed by atoms with E-state index in [0.29, 0.717) is 38.2 Å². The molecule has 28 heavy (non-hydrogen) atoms. The largest absolute Gasteiger partial charge is 0.497 e. The van der Waals surface area contributed by atoms with Crippen LogP contribution in [0, 0.1) is 0 Å². The Morgan fingerprint density at radius 1 is 1.11 bits per heavy atom. The second-order valence-corrected chi connectivity index (χ2v) is 7.80. The van der Waals surface area contributed by atoms with Crippen LogP contribution in [0.4, 0.5) is 0 Å². The van der Waals surface area contributed by atoms with E-state index < -0.39 is 0 Å². The molecule has 7 heteroatoms. The lowest BCUT2D eigenvalue weighted by molar-refractivity contribution is -0.131. The molecule has 1 fully saturated rings. The van der Waals surface area contributed by atoms with Crippen molar-refractivity contribution in [1.82, 2.24) is 14.8 Å². The van der Waals surface area contributed by atoms with E-state index in [9.17, 15) is 9.59 Å². The van der Waals surface area contributed by atoms with Gasteiger partial charge in [0.25, 0.3) is 5.91 Å². The number of aromatic nitrogens is 1. The molecule has 1 aromatic carbocycles. The zero-order valence-electron chi connectivity index (χ0n) is 16.3. The van der Waals surface area contributed by atoms with Crippen LogP contribution in [0.2, 0.25) is 0 Å². The van der Waals surface area contributed by atoms with E-state index in [1.54, 1.807) is 31.1 Å². The van der Waals surface area contributed by atoms with Crippen LogP contribution in [0.1, 0.15) is 22.8 Å². The number of hydrogen-bond donors (Lipinski definition) is 0. The SMILES string of the molecule is CCSc1cc(C(=O)N2CCN(C(=O)Cc3cccc(OC)c3)CC2)ccn1. The molecule has 2 amide bonds. The van der Waals surface area contributed by atoms with E-state index in [1.165, 1.54) is 0 Å². The molecule has 0 bridgehead atoms. The van der Waals surface area contributed by atoms with Crippen molar-refractivity contribution in [1.29, 1.82) is 0 Å². The van der Waals surface area contributed by atoms with Gasteiger partial charge in [-0.25, -0.2) is 4.98 Å². The van der Waals surface area contributed by atoms with E-state index in [1.807, 2.05) is 40.1 Å². The fraction of sp³-hybridized carbons (Fsp3) is 0.381. The van der Waals surface area contributed by atoms with Gasteiger partial charge in [-0.3, -0.25) is 9.59 Å². The van der Waals surface area contributed by atoms with Crippen LogP contribution >= 0.6 is 11.8 Å². The molecule has 6 nitrogen and oxygen atoms in total. The summed E-state index contributed by atoms with van der Waals surface area (Å²) >= 11 is 1.62. The van der Waals surface area contributed by atoms with Gasteiger partial charge >= 0.3 is 0 Å². The topological polar surface area (TPSA) is 62.7 Å². The van der Waals surface area contributed by atoms with Gasteiger partial charge in [0.2, 0.25) is 5.91 Å². The Balaban J connectivity index is 1.55. The maximum Gasteiger partial charge on any atom is 0.254 e. The zero-order chi connectivity index (χ0) is 19.9. The lowest BCUT2D eigenvalue weighted by atomic mass is 10.1. The van der Waals surface area contributed by atoms with Gasteiger partial charge in [0, 0.05) is 37.9 Å². The van der Waals surface area contributed by atoms with Gasteiger partial charge in [0.15, 0.2) is 0 Å². The number of piperazine rings is 1. The number of carbonyl (C=O) groups excluding carboxylic acids is 2. The minimum absolute atomic E-state index is 0.000229. The summed E-state index contributed by atoms with van der Waals surface area (Å²) in [6.45, 7) is 4.25. The summed E-state index contributed by atoms with van der Waals surface area (Å²) in [4.78, 5) is 33.3. The van der Waals surface area contributed by atoms with E-state index >= 15 is 0 Å². The highest BCUT2D eigenvalue weighted by Gasteiger charge is 2.25. The summed E-state index contributed by atoms with van der Waals surface area (Å²) in [6.07, 6.45) is 2.02. The fourth-order valence-corrected chi connectivity index (χ4v) is 3.82. The van der Waals surface area contributed by atoms with Gasteiger partial charge in [0.1, 0.15) is 5.75 Å². The maximum absolute atomic E-state index is 12.8. The van der Waals surface area contributed by atoms with Crippen molar-refractivity contribution in [3.8, 4) is 5.75 Å². The lowest BCUT2D eigenvalue weighted by Gasteiger charge is -2.35. The third kappa shape index (κ3) is 5.04. The highest BCUT2D eigenvalue weighted by atomic mass is 32.2. The first kappa shape index (κ1) is 20.2. The van der Waals surface area contributed by atoms with Gasteiger partial charge in [0.05, 0.1) is 18.6 Å². The van der Waals surface area contributed by atoms with E-state index in [-0.39, 0.29) is 11.8 Å². The average Bonchev–Trinajstić information content (AvgIpc) is 2.74. The first-order valence-electron chi connectivity index (χ1n) is 9.39. The normalized spacial score (nSPS) is 14.1. The Labute approximate surface area is 169 Å². The van der Waals surface area contributed by atoms with Crippen molar-refractivity contribution in [2.75, 3.05) is 39.0 Å². The zero-order valence-corrected chi connectivity index (χ0v) is 17.1. The van der Waals surface area contributed by atoms with Crippen molar-refractivity contribution in [2.24, 2.45) is 0 Å². The van der Waals surface area contributed by atoms with Crippen molar-refractivity contribution in [3.05, 3.63) is 53.7 Å². The fourth-order valence-electron chi connectivity index (χ4n) is 3.18. The minimum Gasteiger partial charge on any atom is -0.497 e. The summed E-state index contributed by atoms with van der Waals surface area (Å²) < 4.78 is 5.21. The number of amides is 2. The van der Waals surface area contributed by atoms with Crippen LogP contribution in [0.25, 0.3) is 0 Å². The molecule has 2 heterocycles. The summed E-state index contributed by atoms with van der Waals surface area (Å²) in [6, 6.07) is 11.2. The highest BCUT2D eigenvalue weighted by molar-refractivity contribution is 7.99. The smallest absolute Gasteiger partial charge is 0.254 e. The van der Waals surface area contributed by atoms with E-state index in [4.69, 9.17) is 4.74 Å². The predicted octanol–water partition coefficient (Wildman–Crippen LogP) is 2.73. The number of ether oxygens (including phenoxy) is 1. The molecule has 1 aliphatic heterocycles. The van der Waals surface area contributed by atoms with Gasteiger partial charge < -0.3 is 14.5 Å². The molecule has 148 valence electrons. The van der Waals surface area contributed by atoms with Crippen molar-refractivity contribution < 1.29 is 14.3 Å². The standard InChI is InChI=1S/C21H25N3O3S/c1-3-28-19-15-17(7-8-22-19)21(26)24-11-9-23(10-12-24)20(25)14-16-5-4-6-18(13-16)27-2/h4-8,13,15H,3,9-12,14H2,1-2H3. The molecule has 0 spiro atoms. The molecular formula is C21H25N3O3S. The number of pyridine rings is 1. The van der Waals surface area contributed by atoms with Gasteiger partial charge in [-0.15, -0.1) is 11.8 Å². The number of rotatable bonds is 6. The number of thioether (sulfide) groups is 1. The number of methoxy groups -OCH3 is 1. The lowest BCUT2D eigenvalue weighted by Crippen LogP contribution is -2.51. The van der Waals surface area contributed by atoms with Crippen LogP contribution in [0.3, 0.4) is 0 Å². The summed E-state index contributed by atoms with van der Waals surface area (Å²) in [7, 11) is 1.61. The Morgan fingerprint density at radius 2 is 1.86 bits per heavy atom. The minimum atomic E-state index is 0.000229. The van der Waals surface area contributed by atoms with Gasteiger partial charge in [-0.2, -0.15) is 0 Å². The van der Waals surface area contributed by atoms with Gasteiger partial charge in [-0.1, -0.05) is 19.1 Å². The van der Waals surface area contributed by atoms with E-state index in [2.05, 4.69) is 11.9 Å². The number of benzene rings is 1. The number of hydrogen-bond acceptors (Lipinski definition) is 5. The van der Waals surface area contributed by atoms with Crippen molar-refractivity contribution in [3.63, 3.8) is 0 Å². The van der Waals surface area contributed by atoms with Crippen molar-refractivity contribution in [2.45, 2.75) is 18.4 Å².